The van der Waals surface area contributed by atoms with Crippen LogP contribution in [0, 0.1) is 6.92 Å². The maximum atomic E-state index is 6.36. The van der Waals surface area contributed by atoms with Crippen LogP contribution in [0.2, 0.25) is 5.02 Å². The highest BCUT2D eigenvalue weighted by Gasteiger charge is 2.14. The van der Waals surface area contributed by atoms with E-state index in [0.717, 1.165) is 21.0 Å². The fourth-order valence-electron chi connectivity index (χ4n) is 1.43. The summed E-state index contributed by atoms with van der Waals surface area (Å²) in [7, 11) is 0. The minimum Gasteiger partial charge on any atom is -0.147 e. The van der Waals surface area contributed by atoms with Crippen molar-refractivity contribution < 1.29 is 0 Å². The molecule has 0 aliphatic rings. The standard InChI is InChI=1S/C12H10Cl2S/c1-8-4-5-9(10(13)7-8)12(14)11-3-2-6-15-11/h2-7,12H,1H3. The van der Waals surface area contributed by atoms with Crippen molar-refractivity contribution in [1.82, 2.24) is 0 Å². The number of thiophene rings is 1. The zero-order valence-electron chi connectivity index (χ0n) is 8.21. The van der Waals surface area contributed by atoms with Gasteiger partial charge in [0.05, 0.1) is 5.38 Å². The molecule has 2 rings (SSSR count). The minimum atomic E-state index is -0.141. The van der Waals surface area contributed by atoms with Crippen molar-refractivity contribution in [3.05, 3.63) is 56.7 Å². The van der Waals surface area contributed by atoms with Crippen molar-refractivity contribution in [2.24, 2.45) is 0 Å². The molecule has 3 heteroatoms. The lowest BCUT2D eigenvalue weighted by atomic mass is 10.1. The van der Waals surface area contributed by atoms with Gasteiger partial charge in [0.2, 0.25) is 0 Å². The molecule has 0 spiro atoms. The molecule has 0 bridgehead atoms. The van der Waals surface area contributed by atoms with Crippen LogP contribution in [0.1, 0.15) is 21.4 Å². The Kier molecular flexibility index (Phi) is 3.35. The van der Waals surface area contributed by atoms with Gasteiger partial charge in [0.15, 0.2) is 0 Å². The molecule has 0 amide bonds. The molecule has 0 saturated carbocycles. The Morgan fingerprint density at radius 1 is 1.27 bits per heavy atom. The minimum absolute atomic E-state index is 0.141. The SMILES string of the molecule is Cc1ccc(C(Cl)c2cccs2)c(Cl)c1. The zero-order chi connectivity index (χ0) is 10.8. The second kappa shape index (κ2) is 4.56. The topological polar surface area (TPSA) is 0 Å². The van der Waals surface area contributed by atoms with Gasteiger partial charge in [-0.25, -0.2) is 0 Å². The Labute approximate surface area is 103 Å². The van der Waals surface area contributed by atoms with E-state index < -0.39 is 0 Å². The summed E-state index contributed by atoms with van der Waals surface area (Å²) in [6, 6.07) is 10.00. The maximum absolute atomic E-state index is 6.36. The molecule has 15 heavy (non-hydrogen) atoms. The predicted molar refractivity (Wildman–Crippen MR) is 68.2 cm³/mol. The molecular weight excluding hydrogens is 247 g/mol. The van der Waals surface area contributed by atoms with Gasteiger partial charge >= 0.3 is 0 Å². The van der Waals surface area contributed by atoms with Crippen LogP contribution in [0.15, 0.2) is 35.7 Å². The molecule has 78 valence electrons. The molecule has 0 saturated heterocycles. The van der Waals surface area contributed by atoms with E-state index in [2.05, 4.69) is 0 Å². The average Bonchev–Trinajstić information content (AvgIpc) is 2.69. The van der Waals surface area contributed by atoms with Crippen LogP contribution in [0.25, 0.3) is 0 Å². The first-order chi connectivity index (χ1) is 7.18. The number of aryl methyl sites for hydroxylation is 1. The summed E-state index contributed by atoms with van der Waals surface area (Å²) in [6.07, 6.45) is 0. The van der Waals surface area contributed by atoms with Crippen molar-refractivity contribution in [2.75, 3.05) is 0 Å². The number of hydrogen-bond acceptors (Lipinski definition) is 1. The number of alkyl halides is 1. The summed E-state index contributed by atoms with van der Waals surface area (Å²) in [5.41, 5.74) is 2.13. The molecule has 1 aromatic heterocycles. The lowest BCUT2D eigenvalue weighted by molar-refractivity contribution is 1.18. The first kappa shape index (κ1) is 11.0. The molecule has 0 fully saturated rings. The molecule has 1 heterocycles. The van der Waals surface area contributed by atoms with Crippen molar-refractivity contribution in [3.63, 3.8) is 0 Å². The zero-order valence-corrected chi connectivity index (χ0v) is 10.5. The number of benzene rings is 1. The summed E-state index contributed by atoms with van der Waals surface area (Å²) in [5, 5.41) is 2.62. The molecule has 1 unspecified atom stereocenters. The summed E-state index contributed by atoms with van der Waals surface area (Å²) < 4.78 is 0. The molecule has 1 aromatic carbocycles. The Hall–Kier alpha value is -0.500. The highest BCUT2D eigenvalue weighted by atomic mass is 35.5. The third-order valence-corrected chi connectivity index (χ3v) is 4.09. The van der Waals surface area contributed by atoms with Crippen LogP contribution in [0.3, 0.4) is 0 Å². The maximum Gasteiger partial charge on any atom is 0.0942 e. The van der Waals surface area contributed by atoms with Crippen LogP contribution in [0.4, 0.5) is 0 Å². The molecule has 2 aromatic rings. The van der Waals surface area contributed by atoms with Crippen molar-refractivity contribution in [1.29, 1.82) is 0 Å². The smallest absolute Gasteiger partial charge is 0.0942 e. The van der Waals surface area contributed by atoms with Gasteiger partial charge < -0.3 is 0 Å². The Balaban J connectivity index is 2.38. The van der Waals surface area contributed by atoms with Crippen LogP contribution in [-0.4, -0.2) is 0 Å². The van der Waals surface area contributed by atoms with Crippen LogP contribution >= 0.6 is 34.5 Å². The Morgan fingerprint density at radius 2 is 2.07 bits per heavy atom. The summed E-state index contributed by atoms with van der Waals surface area (Å²) in [5.74, 6) is 0. The monoisotopic (exact) mass is 256 g/mol. The Morgan fingerprint density at radius 3 is 2.67 bits per heavy atom. The summed E-state index contributed by atoms with van der Waals surface area (Å²) >= 11 is 14.2. The predicted octanol–water partition coefficient (Wildman–Crippen LogP) is 5.04. The van der Waals surface area contributed by atoms with E-state index in [1.807, 2.05) is 42.6 Å². The molecular formula is C12H10Cl2S. The van der Waals surface area contributed by atoms with E-state index in [1.165, 1.54) is 0 Å². The van der Waals surface area contributed by atoms with Crippen molar-refractivity contribution >= 4 is 34.5 Å². The highest BCUT2D eigenvalue weighted by molar-refractivity contribution is 7.10. The molecule has 0 N–H and O–H groups in total. The number of hydrogen-bond donors (Lipinski definition) is 0. The fourth-order valence-corrected chi connectivity index (χ4v) is 2.96. The number of halogens is 2. The van der Waals surface area contributed by atoms with Crippen LogP contribution < -0.4 is 0 Å². The van der Waals surface area contributed by atoms with Gasteiger partial charge in [-0.1, -0.05) is 29.8 Å². The first-order valence-electron chi connectivity index (χ1n) is 4.62. The van der Waals surface area contributed by atoms with Crippen molar-refractivity contribution in [2.45, 2.75) is 12.3 Å². The summed E-state index contributed by atoms with van der Waals surface area (Å²) in [6.45, 7) is 2.02. The van der Waals surface area contributed by atoms with Gasteiger partial charge in [0, 0.05) is 9.90 Å². The highest BCUT2D eigenvalue weighted by Crippen LogP contribution is 2.35. The first-order valence-corrected chi connectivity index (χ1v) is 6.31. The molecule has 0 radical (unpaired) electrons. The number of rotatable bonds is 2. The van der Waals surface area contributed by atoms with E-state index in [1.54, 1.807) is 11.3 Å². The van der Waals surface area contributed by atoms with Gasteiger partial charge in [-0.15, -0.1) is 22.9 Å². The second-order valence-electron chi connectivity index (χ2n) is 3.40. The molecule has 0 aliphatic carbocycles. The normalized spacial score (nSPS) is 12.7. The van der Waals surface area contributed by atoms with Gasteiger partial charge in [-0.2, -0.15) is 0 Å². The van der Waals surface area contributed by atoms with Gasteiger partial charge in [0.25, 0.3) is 0 Å². The lowest BCUT2D eigenvalue weighted by Crippen LogP contribution is -1.91. The summed E-state index contributed by atoms with van der Waals surface area (Å²) in [4.78, 5) is 1.13. The molecule has 1 atom stereocenters. The van der Waals surface area contributed by atoms with Gasteiger partial charge in [-0.05, 0) is 35.6 Å². The van der Waals surface area contributed by atoms with Gasteiger partial charge in [-0.3, -0.25) is 0 Å². The van der Waals surface area contributed by atoms with E-state index in [4.69, 9.17) is 23.2 Å². The largest absolute Gasteiger partial charge is 0.147 e. The van der Waals surface area contributed by atoms with E-state index in [0.29, 0.717) is 0 Å². The Bertz CT molecular complexity index is 449. The fraction of sp³-hybridized carbons (Fsp3) is 0.167. The second-order valence-corrected chi connectivity index (χ2v) is 5.23. The average molecular weight is 257 g/mol. The van der Waals surface area contributed by atoms with Crippen LogP contribution in [0.5, 0.6) is 0 Å². The van der Waals surface area contributed by atoms with Crippen LogP contribution in [-0.2, 0) is 0 Å². The third-order valence-electron chi connectivity index (χ3n) is 2.22. The van der Waals surface area contributed by atoms with E-state index >= 15 is 0 Å². The quantitative estimate of drug-likeness (QED) is 0.661. The molecule has 0 nitrogen and oxygen atoms in total. The van der Waals surface area contributed by atoms with Crippen molar-refractivity contribution in [3.8, 4) is 0 Å². The van der Waals surface area contributed by atoms with E-state index in [-0.39, 0.29) is 5.38 Å². The van der Waals surface area contributed by atoms with E-state index in [9.17, 15) is 0 Å². The lowest BCUT2D eigenvalue weighted by Gasteiger charge is -2.10. The van der Waals surface area contributed by atoms with Gasteiger partial charge in [0.1, 0.15) is 0 Å². The third kappa shape index (κ3) is 2.36. The molecule has 0 aliphatic heterocycles.